The summed E-state index contributed by atoms with van der Waals surface area (Å²) in [5.41, 5.74) is 0.623. The lowest BCUT2D eigenvalue weighted by atomic mass is 9.82. The molecule has 1 aliphatic rings. The Hall–Kier alpha value is -2.97. The van der Waals surface area contributed by atoms with Crippen LogP contribution in [0.15, 0.2) is 99.5 Å². The van der Waals surface area contributed by atoms with Crippen molar-refractivity contribution in [3.05, 3.63) is 101 Å². The number of carbonyl (C=O) groups excluding carboxylic acids is 1. The number of carbonyl (C=O) groups is 1. The maximum absolute atomic E-state index is 12.8. The number of hydrogen-bond acceptors (Lipinski definition) is 5. The maximum Gasteiger partial charge on any atom is 0.282 e. The molecule has 1 amide bonds. The van der Waals surface area contributed by atoms with Crippen LogP contribution in [0.5, 0.6) is 0 Å². The monoisotopic (exact) mass is 484 g/mol. The Labute approximate surface area is 182 Å². The lowest BCUT2D eigenvalue weighted by Gasteiger charge is -2.27. The van der Waals surface area contributed by atoms with Crippen molar-refractivity contribution in [1.29, 1.82) is 0 Å². The van der Waals surface area contributed by atoms with E-state index in [0.717, 1.165) is 11.1 Å². The van der Waals surface area contributed by atoms with Crippen molar-refractivity contribution < 1.29 is 18.0 Å². The molecule has 0 fully saturated rings. The standard InChI is InChI=1S/C22H17BrN2O4S/c23-18-13-7-8-14-20(18)30(27,28)25-21(26)19-15-22(29-24-19,16-9-3-1-4-10-16)17-11-5-2-6-12-17/h1-14H,15H2,(H,25,26). The second-order valence-corrected chi connectivity index (χ2v) is 9.24. The summed E-state index contributed by atoms with van der Waals surface area (Å²) in [6.45, 7) is 0. The van der Waals surface area contributed by atoms with E-state index in [4.69, 9.17) is 4.84 Å². The van der Waals surface area contributed by atoms with Gasteiger partial charge in [-0.3, -0.25) is 4.79 Å². The summed E-state index contributed by atoms with van der Waals surface area (Å²) in [7, 11) is -4.08. The number of amides is 1. The molecule has 1 heterocycles. The van der Waals surface area contributed by atoms with Crippen LogP contribution >= 0.6 is 15.9 Å². The topological polar surface area (TPSA) is 84.8 Å². The summed E-state index contributed by atoms with van der Waals surface area (Å²) in [4.78, 5) is 18.6. The highest BCUT2D eigenvalue weighted by Crippen LogP contribution is 2.41. The summed E-state index contributed by atoms with van der Waals surface area (Å²) < 4.78 is 27.8. The highest BCUT2D eigenvalue weighted by molar-refractivity contribution is 9.10. The normalized spacial score (nSPS) is 15.2. The van der Waals surface area contributed by atoms with Gasteiger partial charge in [-0.25, -0.2) is 13.1 Å². The number of nitrogens with one attached hydrogen (secondary N) is 1. The number of oxime groups is 1. The first-order valence-corrected chi connectivity index (χ1v) is 11.4. The molecule has 0 unspecified atom stereocenters. The molecule has 0 aliphatic carbocycles. The fourth-order valence-electron chi connectivity index (χ4n) is 3.34. The molecule has 152 valence electrons. The Morgan fingerprint density at radius 2 is 1.43 bits per heavy atom. The molecule has 0 saturated carbocycles. The Kier molecular flexibility index (Phi) is 5.44. The van der Waals surface area contributed by atoms with Crippen molar-refractivity contribution in [2.75, 3.05) is 0 Å². The van der Waals surface area contributed by atoms with Crippen molar-refractivity contribution in [1.82, 2.24) is 4.72 Å². The third-order valence-electron chi connectivity index (χ3n) is 4.82. The van der Waals surface area contributed by atoms with E-state index in [0.29, 0.717) is 4.47 Å². The van der Waals surface area contributed by atoms with E-state index in [-0.39, 0.29) is 17.0 Å². The number of benzene rings is 3. The molecule has 1 N–H and O–H groups in total. The fourth-order valence-corrected chi connectivity index (χ4v) is 5.32. The van der Waals surface area contributed by atoms with Gasteiger partial charge in [0.05, 0.1) is 6.42 Å². The van der Waals surface area contributed by atoms with Crippen LogP contribution in [0.25, 0.3) is 0 Å². The van der Waals surface area contributed by atoms with Crippen LogP contribution in [-0.2, 0) is 25.3 Å². The number of hydrogen-bond donors (Lipinski definition) is 1. The van der Waals surface area contributed by atoms with Crippen LogP contribution in [0, 0.1) is 0 Å². The predicted octanol–water partition coefficient (Wildman–Crippen LogP) is 3.97. The fraction of sp³-hybridized carbons (Fsp3) is 0.0909. The molecule has 6 nitrogen and oxygen atoms in total. The minimum absolute atomic E-state index is 0.00154. The van der Waals surface area contributed by atoms with Gasteiger partial charge >= 0.3 is 0 Å². The van der Waals surface area contributed by atoms with E-state index in [2.05, 4.69) is 25.8 Å². The summed E-state index contributed by atoms with van der Waals surface area (Å²) >= 11 is 3.20. The van der Waals surface area contributed by atoms with E-state index < -0.39 is 21.5 Å². The van der Waals surface area contributed by atoms with Gasteiger partial charge in [-0.05, 0) is 28.1 Å². The van der Waals surface area contributed by atoms with Crippen molar-refractivity contribution >= 4 is 37.6 Å². The van der Waals surface area contributed by atoms with Gasteiger partial charge in [0, 0.05) is 15.6 Å². The highest BCUT2D eigenvalue weighted by atomic mass is 79.9. The van der Waals surface area contributed by atoms with Crippen molar-refractivity contribution in [3.63, 3.8) is 0 Å². The van der Waals surface area contributed by atoms with Gasteiger partial charge in [-0.2, -0.15) is 0 Å². The number of halogens is 1. The minimum Gasteiger partial charge on any atom is -0.379 e. The molecule has 4 rings (SSSR count). The third-order valence-corrected chi connectivity index (χ3v) is 7.17. The first-order valence-electron chi connectivity index (χ1n) is 9.10. The van der Waals surface area contributed by atoms with E-state index >= 15 is 0 Å². The average Bonchev–Trinajstić information content (AvgIpc) is 3.22. The third kappa shape index (κ3) is 3.76. The van der Waals surface area contributed by atoms with Crippen molar-refractivity contribution in [2.45, 2.75) is 16.9 Å². The number of nitrogens with zero attached hydrogens (tertiary/aromatic N) is 1. The van der Waals surface area contributed by atoms with Gasteiger partial charge in [0.15, 0.2) is 11.3 Å². The second-order valence-electron chi connectivity index (χ2n) is 6.73. The Bertz CT molecular complexity index is 1170. The summed E-state index contributed by atoms with van der Waals surface area (Å²) in [6, 6.07) is 25.1. The van der Waals surface area contributed by atoms with E-state index in [1.54, 1.807) is 18.2 Å². The Morgan fingerprint density at radius 1 is 0.900 bits per heavy atom. The van der Waals surface area contributed by atoms with Crippen LogP contribution in [0.2, 0.25) is 0 Å². The first-order chi connectivity index (χ1) is 14.4. The molecule has 3 aromatic carbocycles. The Morgan fingerprint density at radius 3 is 2.00 bits per heavy atom. The second kappa shape index (κ2) is 8.04. The van der Waals surface area contributed by atoms with Crippen LogP contribution in [0.3, 0.4) is 0 Å². The maximum atomic E-state index is 12.8. The molecule has 0 bridgehead atoms. The zero-order valence-corrected chi connectivity index (χ0v) is 18.1. The summed E-state index contributed by atoms with van der Waals surface area (Å²) in [5.74, 6) is -0.820. The zero-order valence-electron chi connectivity index (χ0n) is 15.7. The molecular weight excluding hydrogens is 468 g/mol. The lowest BCUT2D eigenvalue weighted by Crippen LogP contribution is -2.37. The van der Waals surface area contributed by atoms with Gasteiger partial charge in [0.25, 0.3) is 15.9 Å². The van der Waals surface area contributed by atoms with Crippen LogP contribution in [0.4, 0.5) is 0 Å². The molecule has 1 aliphatic heterocycles. The molecule has 0 spiro atoms. The largest absolute Gasteiger partial charge is 0.379 e. The quantitative estimate of drug-likeness (QED) is 0.593. The van der Waals surface area contributed by atoms with Gasteiger partial charge in [0.1, 0.15) is 4.90 Å². The summed E-state index contributed by atoms with van der Waals surface area (Å²) in [5, 5.41) is 3.97. The van der Waals surface area contributed by atoms with Crippen molar-refractivity contribution in [3.8, 4) is 0 Å². The van der Waals surface area contributed by atoms with E-state index in [1.165, 1.54) is 6.07 Å². The van der Waals surface area contributed by atoms with Crippen molar-refractivity contribution in [2.24, 2.45) is 5.16 Å². The number of rotatable bonds is 5. The first kappa shape index (κ1) is 20.3. The molecule has 0 saturated heterocycles. The molecule has 0 atom stereocenters. The highest BCUT2D eigenvalue weighted by Gasteiger charge is 2.45. The predicted molar refractivity (Wildman–Crippen MR) is 116 cm³/mol. The molecule has 8 heteroatoms. The zero-order chi connectivity index (χ0) is 21.2. The molecule has 0 radical (unpaired) electrons. The molecular formula is C22H17BrN2O4S. The van der Waals surface area contributed by atoms with Crippen LogP contribution in [0.1, 0.15) is 17.5 Å². The number of sulfonamides is 1. The molecule has 30 heavy (non-hydrogen) atoms. The van der Waals surface area contributed by atoms with Gasteiger partial charge in [0.2, 0.25) is 0 Å². The van der Waals surface area contributed by atoms with Gasteiger partial charge in [-0.15, -0.1) is 0 Å². The summed E-state index contributed by atoms with van der Waals surface area (Å²) in [6.07, 6.45) is 0.0956. The van der Waals surface area contributed by atoms with E-state index in [9.17, 15) is 13.2 Å². The average molecular weight is 485 g/mol. The Balaban J connectivity index is 1.63. The van der Waals surface area contributed by atoms with Gasteiger partial charge < -0.3 is 4.84 Å². The van der Waals surface area contributed by atoms with Crippen LogP contribution in [-0.4, -0.2) is 20.0 Å². The molecule has 3 aromatic rings. The minimum atomic E-state index is -4.08. The van der Waals surface area contributed by atoms with Crippen LogP contribution < -0.4 is 4.72 Å². The van der Waals surface area contributed by atoms with Gasteiger partial charge in [-0.1, -0.05) is 78.0 Å². The lowest BCUT2D eigenvalue weighted by molar-refractivity contribution is -0.113. The van der Waals surface area contributed by atoms with E-state index in [1.807, 2.05) is 60.7 Å². The molecule has 0 aromatic heterocycles. The smallest absolute Gasteiger partial charge is 0.282 e. The SMILES string of the molecule is O=C(NS(=O)(=O)c1ccccc1Br)C1=NOC(c2ccccc2)(c2ccccc2)C1.